The summed E-state index contributed by atoms with van der Waals surface area (Å²) in [6.45, 7) is 9.37. The fourth-order valence-corrected chi connectivity index (χ4v) is 2.61. The van der Waals surface area contributed by atoms with Gasteiger partial charge in [0, 0.05) is 31.4 Å². The molecule has 0 amide bonds. The number of aliphatic hydroxyl groups is 1. The summed E-state index contributed by atoms with van der Waals surface area (Å²) < 4.78 is 0. The molecule has 0 radical (unpaired) electrons. The van der Waals surface area contributed by atoms with Crippen molar-refractivity contribution in [2.75, 3.05) is 18.0 Å². The number of anilines is 1. The Hall–Kier alpha value is -1.06. The quantitative estimate of drug-likeness (QED) is 0.875. The summed E-state index contributed by atoms with van der Waals surface area (Å²) in [6.07, 6.45) is 1.66. The third kappa shape index (κ3) is 3.95. The topological polar surface area (TPSA) is 35.5 Å². The first-order valence-electron chi connectivity index (χ1n) is 7.32. The highest BCUT2D eigenvalue weighted by atomic mass is 16.3. The van der Waals surface area contributed by atoms with Gasteiger partial charge in [-0.05, 0) is 37.0 Å². The summed E-state index contributed by atoms with van der Waals surface area (Å²) in [5.74, 6) is 0. The molecule has 106 valence electrons. The number of piperidine rings is 1. The van der Waals surface area contributed by atoms with Crippen LogP contribution in [0.2, 0.25) is 0 Å². The van der Waals surface area contributed by atoms with Crippen LogP contribution in [0.3, 0.4) is 0 Å². The molecule has 19 heavy (non-hydrogen) atoms. The second kappa shape index (κ2) is 6.40. The molecule has 0 aromatic heterocycles. The molecule has 0 atom stereocenters. The van der Waals surface area contributed by atoms with E-state index in [-0.39, 0.29) is 6.10 Å². The molecule has 2 N–H and O–H groups in total. The Morgan fingerprint density at radius 1 is 1.32 bits per heavy atom. The zero-order valence-corrected chi connectivity index (χ0v) is 12.3. The highest BCUT2D eigenvalue weighted by Crippen LogP contribution is 2.24. The van der Waals surface area contributed by atoms with Crippen LogP contribution < -0.4 is 10.2 Å². The molecule has 1 aromatic carbocycles. The maximum Gasteiger partial charge on any atom is 0.0574 e. The lowest BCUT2D eigenvalue weighted by atomic mass is 10.0. The Labute approximate surface area is 116 Å². The van der Waals surface area contributed by atoms with Gasteiger partial charge in [0.2, 0.25) is 0 Å². The van der Waals surface area contributed by atoms with Crippen molar-refractivity contribution in [1.29, 1.82) is 0 Å². The van der Waals surface area contributed by atoms with E-state index in [9.17, 15) is 5.11 Å². The van der Waals surface area contributed by atoms with Crippen molar-refractivity contribution >= 4 is 5.69 Å². The number of rotatable bonds is 4. The van der Waals surface area contributed by atoms with Gasteiger partial charge in [0.15, 0.2) is 0 Å². The molecule has 1 aromatic rings. The van der Waals surface area contributed by atoms with Crippen LogP contribution in [-0.2, 0) is 6.54 Å². The van der Waals surface area contributed by atoms with Crippen LogP contribution in [0.25, 0.3) is 0 Å². The molecular formula is C16H26N2O. The molecule has 1 heterocycles. The van der Waals surface area contributed by atoms with Crippen molar-refractivity contribution in [3.63, 3.8) is 0 Å². The van der Waals surface area contributed by atoms with Gasteiger partial charge >= 0.3 is 0 Å². The molecule has 0 aliphatic carbocycles. The van der Waals surface area contributed by atoms with E-state index < -0.39 is 0 Å². The lowest BCUT2D eigenvalue weighted by Crippen LogP contribution is -2.36. The minimum Gasteiger partial charge on any atom is -0.393 e. The second-order valence-corrected chi connectivity index (χ2v) is 5.87. The molecule has 0 unspecified atom stereocenters. The molecule has 1 saturated heterocycles. The number of nitrogens with one attached hydrogen (secondary N) is 1. The Morgan fingerprint density at radius 2 is 2.00 bits per heavy atom. The van der Waals surface area contributed by atoms with Crippen LogP contribution in [0.4, 0.5) is 5.69 Å². The fourth-order valence-electron chi connectivity index (χ4n) is 2.61. The molecule has 1 aliphatic rings. The van der Waals surface area contributed by atoms with Crippen molar-refractivity contribution in [2.45, 2.75) is 52.3 Å². The summed E-state index contributed by atoms with van der Waals surface area (Å²) in [7, 11) is 0. The molecule has 3 heteroatoms. The van der Waals surface area contributed by atoms with E-state index in [1.807, 2.05) is 0 Å². The molecule has 1 aliphatic heterocycles. The molecule has 0 spiro atoms. The molecule has 0 bridgehead atoms. The van der Waals surface area contributed by atoms with Gasteiger partial charge in [0.05, 0.1) is 6.10 Å². The van der Waals surface area contributed by atoms with Gasteiger partial charge in [-0.3, -0.25) is 0 Å². The van der Waals surface area contributed by atoms with Crippen molar-refractivity contribution in [3.05, 3.63) is 29.3 Å². The third-order valence-corrected chi connectivity index (χ3v) is 3.78. The van der Waals surface area contributed by atoms with Gasteiger partial charge in [-0.25, -0.2) is 0 Å². The van der Waals surface area contributed by atoms with Crippen LogP contribution >= 0.6 is 0 Å². The zero-order valence-electron chi connectivity index (χ0n) is 12.3. The Bertz CT molecular complexity index is 409. The fraction of sp³-hybridized carbons (Fsp3) is 0.625. The number of hydrogen-bond acceptors (Lipinski definition) is 3. The summed E-state index contributed by atoms with van der Waals surface area (Å²) in [5, 5.41) is 13.0. The molecule has 2 rings (SSSR count). The van der Waals surface area contributed by atoms with Crippen LogP contribution in [0.1, 0.15) is 37.8 Å². The summed E-state index contributed by atoms with van der Waals surface area (Å²) in [5.41, 5.74) is 3.99. The summed E-state index contributed by atoms with van der Waals surface area (Å²) >= 11 is 0. The van der Waals surface area contributed by atoms with Crippen molar-refractivity contribution in [2.24, 2.45) is 0 Å². The number of aliphatic hydroxyl groups excluding tert-OH is 1. The van der Waals surface area contributed by atoms with E-state index in [4.69, 9.17) is 0 Å². The van der Waals surface area contributed by atoms with Gasteiger partial charge in [-0.2, -0.15) is 0 Å². The van der Waals surface area contributed by atoms with E-state index in [1.54, 1.807) is 0 Å². The monoisotopic (exact) mass is 262 g/mol. The first-order chi connectivity index (χ1) is 9.06. The normalized spacial score (nSPS) is 17.2. The molecule has 3 nitrogen and oxygen atoms in total. The average Bonchev–Trinajstić information content (AvgIpc) is 2.38. The third-order valence-electron chi connectivity index (χ3n) is 3.78. The summed E-state index contributed by atoms with van der Waals surface area (Å²) in [6, 6.07) is 7.23. The highest BCUT2D eigenvalue weighted by Gasteiger charge is 2.18. The highest BCUT2D eigenvalue weighted by molar-refractivity contribution is 5.54. The van der Waals surface area contributed by atoms with E-state index in [0.717, 1.165) is 32.5 Å². The minimum absolute atomic E-state index is 0.105. The van der Waals surface area contributed by atoms with Gasteiger partial charge in [-0.1, -0.05) is 26.0 Å². The van der Waals surface area contributed by atoms with Gasteiger partial charge in [-0.15, -0.1) is 0 Å². The number of hydrogen-bond donors (Lipinski definition) is 2. The number of nitrogens with zero attached hydrogens (tertiary/aromatic N) is 1. The number of aryl methyl sites for hydroxylation is 1. The largest absolute Gasteiger partial charge is 0.393 e. The smallest absolute Gasteiger partial charge is 0.0574 e. The predicted octanol–water partition coefficient (Wildman–Crippen LogP) is 2.45. The lowest BCUT2D eigenvalue weighted by Gasteiger charge is -2.32. The van der Waals surface area contributed by atoms with E-state index in [2.05, 4.69) is 49.2 Å². The standard InChI is InChI=1S/C16H26N2O/c1-12(2)17-11-14-4-5-16(13(3)10-14)18-8-6-15(19)7-9-18/h4-5,10,12,15,17,19H,6-9,11H2,1-3H3. The molecular weight excluding hydrogens is 236 g/mol. The van der Waals surface area contributed by atoms with Gasteiger partial charge in [0.1, 0.15) is 0 Å². The van der Waals surface area contributed by atoms with Crippen LogP contribution in [0.5, 0.6) is 0 Å². The predicted molar refractivity (Wildman–Crippen MR) is 80.6 cm³/mol. The molecule has 1 fully saturated rings. The van der Waals surface area contributed by atoms with E-state index >= 15 is 0 Å². The van der Waals surface area contributed by atoms with E-state index in [0.29, 0.717) is 6.04 Å². The number of benzene rings is 1. The maximum absolute atomic E-state index is 9.57. The van der Waals surface area contributed by atoms with Gasteiger partial charge in [0.25, 0.3) is 0 Å². The Morgan fingerprint density at radius 3 is 2.58 bits per heavy atom. The van der Waals surface area contributed by atoms with Gasteiger partial charge < -0.3 is 15.3 Å². The SMILES string of the molecule is Cc1cc(CNC(C)C)ccc1N1CCC(O)CC1. The Kier molecular flexibility index (Phi) is 4.83. The first kappa shape index (κ1) is 14.4. The van der Waals surface area contributed by atoms with Crippen LogP contribution in [0, 0.1) is 6.92 Å². The average molecular weight is 262 g/mol. The van der Waals surface area contributed by atoms with E-state index in [1.165, 1.54) is 16.8 Å². The lowest BCUT2D eigenvalue weighted by molar-refractivity contribution is 0.145. The van der Waals surface area contributed by atoms with Crippen LogP contribution in [-0.4, -0.2) is 30.3 Å². The summed E-state index contributed by atoms with van der Waals surface area (Å²) in [4.78, 5) is 2.39. The van der Waals surface area contributed by atoms with Crippen molar-refractivity contribution in [3.8, 4) is 0 Å². The van der Waals surface area contributed by atoms with Crippen LogP contribution in [0.15, 0.2) is 18.2 Å². The van der Waals surface area contributed by atoms with Crippen molar-refractivity contribution in [1.82, 2.24) is 5.32 Å². The second-order valence-electron chi connectivity index (χ2n) is 5.87. The minimum atomic E-state index is -0.105. The maximum atomic E-state index is 9.57. The van der Waals surface area contributed by atoms with Crippen molar-refractivity contribution < 1.29 is 5.11 Å². The zero-order chi connectivity index (χ0) is 13.8. The molecule has 0 saturated carbocycles. The Balaban J connectivity index is 2.02. The first-order valence-corrected chi connectivity index (χ1v) is 7.32.